The van der Waals surface area contributed by atoms with Crippen LogP contribution in [0.3, 0.4) is 0 Å². The molecule has 0 bridgehead atoms. The molecule has 3 heteroatoms. The van der Waals surface area contributed by atoms with Crippen LogP contribution in [0.2, 0.25) is 0 Å². The predicted octanol–water partition coefficient (Wildman–Crippen LogP) is 3.30. The number of carbonyl (C=O) groups excluding carboxylic acids is 1. The van der Waals surface area contributed by atoms with Gasteiger partial charge in [0.2, 0.25) is 0 Å². The number of hydrogen-bond donors (Lipinski definition) is 1. The highest BCUT2D eigenvalue weighted by Crippen LogP contribution is 2.38. The fourth-order valence-electron chi connectivity index (χ4n) is 3.27. The molecule has 0 saturated carbocycles. The van der Waals surface area contributed by atoms with Crippen molar-refractivity contribution in [2.75, 3.05) is 6.61 Å². The third kappa shape index (κ3) is 2.54. The van der Waals surface area contributed by atoms with E-state index in [1.165, 1.54) is 0 Å². The lowest BCUT2D eigenvalue weighted by Gasteiger charge is -2.29. The third-order valence-electron chi connectivity index (χ3n) is 4.19. The molecule has 21 heavy (non-hydrogen) atoms. The van der Waals surface area contributed by atoms with E-state index in [9.17, 15) is 9.90 Å². The summed E-state index contributed by atoms with van der Waals surface area (Å²) in [5, 5.41) is 9.40. The minimum atomic E-state index is -0.0103. The first-order valence-electron chi connectivity index (χ1n) is 7.44. The number of Topliss-reactive ketones (excluding diaryl/α,β-unsaturated/α-hetero) is 1. The summed E-state index contributed by atoms with van der Waals surface area (Å²) in [6.45, 7) is 4.87. The van der Waals surface area contributed by atoms with Crippen molar-refractivity contribution >= 4 is 5.78 Å². The second-order valence-corrected chi connectivity index (χ2v) is 6.57. The summed E-state index contributed by atoms with van der Waals surface area (Å²) < 4.78 is 2.11. The molecular formula is C18H21NO2. The van der Waals surface area contributed by atoms with Gasteiger partial charge < -0.3 is 9.67 Å². The van der Waals surface area contributed by atoms with Gasteiger partial charge in [0.1, 0.15) is 0 Å². The Balaban J connectivity index is 2.17. The number of rotatable bonds is 3. The summed E-state index contributed by atoms with van der Waals surface area (Å²) in [5.41, 5.74) is 4.02. The summed E-state index contributed by atoms with van der Waals surface area (Å²) in [6.07, 6.45) is 1.47. The lowest BCUT2D eigenvalue weighted by Crippen LogP contribution is -2.28. The molecule has 1 aliphatic rings. The molecule has 3 rings (SSSR count). The topological polar surface area (TPSA) is 42.2 Å². The highest BCUT2D eigenvalue weighted by molar-refractivity contribution is 6.00. The van der Waals surface area contributed by atoms with Gasteiger partial charge in [0.05, 0.1) is 6.61 Å². The first-order chi connectivity index (χ1) is 10.0. The maximum Gasteiger partial charge on any atom is 0.165 e. The number of nitrogens with zero attached hydrogens (tertiary/aromatic N) is 1. The molecular weight excluding hydrogens is 262 g/mol. The molecule has 0 aliphatic heterocycles. The minimum Gasteiger partial charge on any atom is -0.395 e. The molecule has 0 radical (unpaired) electrons. The van der Waals surface area contributed by atoms with E-state index in [4.69, 9.17) is 0 Å². The second-order valence-electron chi connectivity index (χ2n) is 6.57. The number of aliphatic hydroxyl groups excluding tert-OH is 1. The van der Waals surface area contributed by atoms with Crippen molar-refractivity contribution in [2.45, 2.75) is 33.2 Å². The maximum atomic E-state index is 12.4. The molecule has 110 valence electrons. The summed E-state index contributed by atoms with van der Waals surface area (Å²) >= 11 is 0. The zero-order chi connectivity index (χ0) is 15.0. The van der Waals surface area contributed by atoms with Gasteiger partial charge in [-0.15, -0.1) is 0 Å². The average Bonchev–Trinajstić information content (AvgIpc) is 2.78. The number of benzene rings is 1. The van der Waals surface area contributed by atoms with Gasteiger partial charge >= 0.3 is 0 Å². The smallest absolute Gasteiger partial charge is 0.165 e. The van der Waals surface area contributed by atoms with Gasteiger partial charge in [0.25, 0.3) is 0 Å². The van der Waals surface area contributed by atoms with E-state index < -0.39 is 0 Å². The lowest BCUT2D eigenvalue weighted by atomic mass is 9.76. The Kier molecular flexibility index (Phi) is 3.46. The van der Waals surface area contributed by atoms with Crippen LogP contribution >= 0.6 is 0 Å². The van der Waals surface area contributed by atoms with Crippen LogP contribution in [0.1, 0.15) is 36.3 Å². The van der Waals surface area contributed by atoms with E-state index in [-0.39, 0.29) is 17.8 Å². The van der Waals surface area contributed by atoms with Crippen LogP contribution < -0.4 is 0 Å². The number of fused-ring (bicyclic) bond motifs is 1. The van der Waals surface area contributed by atoms with Crippen molar-refractivity contribution in [3.05, 3.63) is 47.7 Å². The molecule has 3 nitrogen and oxygen atoms in total. The van der Waals surface area contributed by atoms with Crippen LogP contribution in [0.15, 0.2) is 36.4 Å². The summed E-state index contributed by atoms with van der Waals surface area (Å²) in [7, 11) is 0. The summed E-state index contributed by atoms with van der Waals surface area (Å²) in [6, 6.07) is 12.1. The van der Waals surface area contributed by atoms with E-state index in [1.807, 2.05) is 36.4 Å². The van der Waals surface area contributed by atoms with E-state index in [1.54, 1.807) is 0 Å². The van der Waals surface area contributed by atoms with Gasteiger partial charge in [-0.25, -0.2) is 0 Å². The first-order valence-corrected chi connectivity index (χ1v) is 7.44. The van der Waals surface area contributed by atoms with E-state index in [0.29, 0.717) is 13.0 Å². The van der Waals surface area contributed by atoms with Crippen molar-refractivity contribution in [2.24, 2.45) is 5.41 Å². The standard InChI is InChI=1S/C18H21NO2/c1-18(2)11-16-14(17(21)12-18)10-15(19(16)8-9-20)13-6-4-3-5-7-13/h3-7,10,20H,8-9,11-12H2,1-2H3. The van der Waals surface area contributed by atoms with Gasteiger partial charge in [-0.1, -0.05) is 44.2 Å². The van der Waals surface area contributed by atoms with Gasteiger partial charge in [-0.2, -0.15) is 0 Å². The summed E-state index contributed by atoms with van der Waals surface area (Å²) in [5.74, 6) is 0.218. The van der Waals surface area contributed by atoms with Crippen LogP contribution in [-0.2, 0) is 13.0 Å². The minimum absolute atomic E-state index is 0.0103. The lowest BCUT2D eigenvalue weighted by molar-refractivity contribution is 0.0909. The average molecular weight is 283 g/mol. The molecule has 1 aromatic carbocycles. The SMILES string of the molecule is CC1(C)CC(=O)c2cc(-c3ccccc3)n(CCO)c2C1. The maximum absolute atomic E-state index is 12.4. The summed E-state index contributed by atoms with van der Waals surface area (Å²) in [4.78, 5) is 12.4. The molecule has 1 N–H and O–H groups in total. The molecule has 0 unspecified atom stereocenters. The number of aliphatic hydroxyl groups is 1. The van der Waals surface area contributed by atoms with E-state index in [0.717, 1.165) is 28.9 Å². The number of ketones is 1. The highest BCUT2D eigenvalue weighted by Gasteiger charge is 2.34. The Morgan fingerprint density at radius 1 is 1.19 bits per heavy atom. The predicted molar refractivity (Wildman–Crippen MR) is 83.4 cm³/mol. The van der Waals surface area contributed by atoms with E-state index in [2.05, 4.69) is 18.4 Å². The monoisotopic (exact) mass is 283 g/mol. The zero-order valence-corrected chi connectivity index (χ0v) is 12.6. The molecule has 2 aromatic rings. The Labute approximate surface area is 125 Å². The molecule has 0 spiro atoms. The first kappa shape index (κ1) is 14.1. The number of aromatic nitrogens is 1. The van der Waals surface area contributed by atoms with Crippen LogP contribution in [-0.4, -0.2) is 22.1 Å². The Hall–Kier alpha value is -1.87. The van der Waals surface area contributed by atoms with E-state index >= 15 is 0 Å². The van der Waals surface area contributed by atoms with Crippen molar-refractivity contribution in [3.63, 3.8) is 0 Å². The van der Waals surface area contributed by atoms with Gasteiger partial charge in [0, 0.05) is 29.9 Å². The molecule has 1 aliphatic carbocycles. The third-order valence-corrected chi connectivity index (χ3v) is 4.19. The molecule has 0 amide bonds. The van der Waals surface area contributed by atoms with Crippen LogP contribution in [0, 0.1) is 5.41 Å². The second kappa shape index (κ2) is 5.15. The highest BCUT2D eigenvalue weighted by atomic mass is 16.3. The molecule has 0 saturated heterocycles. The molecule has 1 heterocycles. The molecule has 0 fully saturated rings. The van der Waals surface area contributed by atoms with Crippen molar-refractivity contribution in [3.8, 4) is 11.3 Å². The zero-order valence-electron chi connectivity index (χ0n) is 12.6. The van der Waals surface area contributed by atoms with Gasteiger partial charge in [-0.3, -0.25) is 4.79 Å². The fourth-order valence-corrected chi connectivity index (χ4v) is 3.27. The van der Waals surface area contributed by atoms with Crippen molar-refractivity contribution < 1.29 is 9.90 Å². The van der Waals surface area contributed by atoms with Crippen LogP contribution in [0.4, 0.5) is 0 Å². The number of hydrogen-bond acceptors (Lipinski definition) is 2. The van der Waals surface area contributed by atoms with Crippen molar-refractivity contribution in [1.29, 1.82) is 0 Å². The normalized spacial score (nSPS) is 16.8. The van der Waals surface area contributed by atoms with Gasteiger partial charge in [0.15, 0.2) is 5.78 Å². The largest absolute Gasteiger partial charge is 0.395 e. The molecule has 0 atom stereocenters. The fraction of sp³-hybridized carbons (Fsp3) is 0.389. The number of carbonyl (C=O) groups is 1. The Morgan fingerprint density at radius 3 is 2.57 bits per heavy atom. The van der Waals surface area contributed by atoms with Crippen molar-refractivity contribution in [1.82, 2.24) is 4.57 Å². The van der Waals surface area contributed by atoms with Crippen LogP contribution in [0.5, 0.6) is 0 Å². The molecule has 1 aromatic heterocycles. The van der Waals surface area contributed by atoms with Gasteiger partial charge in [-0.05, 0) is 23.5 Å². The Bertz CT molecular complexity index is 668. The quantitative estimate of drug-likeness (QED) is 0.939. The Morgan fingerprint density at radius 2 is 1.90 bits per heavy atom. The van der Waals surface area contributed by atoms with Crippen LogP contribution in [0.25, 0.3) is 11.3 Å².